The summed E-state index contributed by atoms with van der Waals surface area (Å²) in [4.78, 5) is 25.9. The predicted molar refractivity (Wildman–Crippen MR) is 65.2 cm³/mol. The van der Waals surface area contributed by atoms with Gasteiger partial charge in [0, 0.05) is 12.6 Å². The topological polar surface area (TPSA) is 57.6 Å². The number of rotatable bonds is 4. The number of benzene rings is 1. The standard InChI is InChI=1S/C14H15NO3/c16-8-7-12(9-5-6-9)15-13(17)10-3-1-2-4-11(10)14(15)18/h1-4,9,12,16H,5-8H2. The molecule has 94 valence electrons. The van der Waals surface area contributed by atoms with Crippen LogP contribution in [0.1, 0.15) is 40.0 Å². The van der Waals surface area contributed by atoms with Crippen LogP contribution >= 0.6 is 0 Å². The molecule has 1 unspecified atom stereocenters. The summed E-state index contributed by atoms with van der Waals surface area (Å²) < 4.78 is 0. The maximum Gasteiger partial charge on any atom is 0.261 e. The maximum atomic E-state index is 12.3. The SMILES string of the molecule is O=C1c2ccccc2C(=O)N1C(CCO)C1CC1. The molecule has 0 saturated heterocycles. The molecular weight excluding hydrogens is 230 g/mol. The first-order valence-corrected chi connectivity index (χ1v) is 6.32. The van der Waals surface area contributed by atoms with E-state index in [1.807, 2.05) is 0 Å². The molecule has 1 aliphatic carbocycles. The number of amides is 2. The Labute approximate surface area is 105 Å². The predicted octanol–water partition coefficient (Wildman–Crippen LogP) is 1.44. The third-order valence-corrected chi connectivity index (χ3v) is 3.75. The van der Waals surface area contributed by atoms with Crippen molar-refractivity contribution < 1.29 is 14.7 Å². The number of aliphatic hydroxyl groups is 1. The first kappa shape index (κ1) is 11.4. The molecular formula is C14H15NO3. The summed E-state index contributed by atoms with van der Waals surface area (Å²) >= 11 is 0. The van der Waals surface area contributed by atoms with Gasteiger partial charge in [-0.3, -0.25) is 14.5 Å². The van der Waals surface area contributed by atoms with Crippen molar-refractivity contribution in [3.63, 3.8) is 0 Å². The molecule has 18 heavy (non-hydrogen) atoms. The van der Waals surface area contributed by atoms with Gasteiger partial charge in [0.1, 0.15) is 0 Å². The number of aliphatic hydroxyl groups excluding tert-OH is 1. The second-order valence-electron chi connectivity index (χ2n) is 4.94. The Morgan fingerprint density at radius 3 is 2.17 bits per heavy atom. The molecule has 1 aromatic carbocycles. The molecule has 4 heteroatoms. The highest BCUT2D eigenvalue weighted by atomic mass is 16.3. The van der Waals surface area contributed by atoms with Crippen molar-refractivity contribution in [2.24, 2.45) is 5.92 Å². The Hall–Kier alpha value is -1.68. The van der Waals surface area contributed by atoms with Crippen molar-refractivity contribution in [2.45, 2.75) is 25.3 Å². The van der Waals surface area contributed by atoms with Crippen LogP contribution < -0.4 is 0 Å². The molecule has 1 atom stereocenters. The van der Waals surface area contributed by atoms with Gasteiger partial charge in [0.2, 0.25) is 0 Å². The van der Waals surface area contributed by atoms with Gasteiger partial charge in [-0.2, -0.15) is 0 Å². The number of carbonyl (C=O) groups excluding carboxylic acids is 2. The van der Waals surface area contributed by atoms with E-state index >= 15 is 0 Å². The van der Waals surface area contributed by atoms with Gasteiger partial charge in [-0.15, -0.1) is 0 Å². The van der Waals surface area contributed by atoms with Crippen molar-refractivity contribution in [3.05, 3.63) is 35.4 Å². The first-order valence-electron chi connectivity index (χ1n) is 6.32. The van der Waals surface area contributed by atoms with E-state index < -0.39 is 0 Å². The number of hydrogen-bond acceptors (Lipinski definition) is 3. The summed E-state index contributed by atoms with van der Waals surface area (Å²) in [6.07, 6.45) is 2.56. The quantitative estimate of drug-likeness (QED) is 0.817. The Kier molecular flexibility index (Phi) is 2.67. The molecule has 1 saturated carbocycles. The highest BCUT2D eigenvalue weighted by molar-refractivity contribution is 6.21. The Balaban J connectivity index is 1.95. The van der Waals surface area contributed by atoms with Crippen molar-refractivity contribution in [1.82, 2.24) is 4.90 Å². The molecule has 0 bridgehead atoms. The second kappa shape index (κ2) is 4.21. The summed E-state index contributed by atoms with van der Waals surface area (Å²) in [5.74, 6) is -0.0405. The molecule has 4 nitrogen and oxygen atoms in total. The first-order chi connectivity index (χ1) is 8.74. The van der Waals surface area contributed by atoms with Gasteiger partial charge in [0.15, 0.2) is 0 Å². The lowest BCUT2D eigenvalue weighted by molar-refractivity contribution is 0.0537. The zero-order valence-corrected chi connectivity index (χ0v) is 10.0. The number of hydrogen-bond donors (Lipinski definition) is 1. The van der Waals surface area contributed by atoms with Crippen LogP contribution in [0.3, 0.4) is 0 Å². The molecule has 0 aromatic heterocycles. The van der Waals surface area contributed by atoms with Crippen LogP contribution in [0.5, 0.6) is 0 Å². The van der Waals surface area contributed by atoms with E-state index in [1.54, 1.807) is 24.3 Å². The van der Waals surface area contributed by atoms with Crippen LogP contribution in [0, 0.1) is 5.92 Å². The van der Waals surface area contributed by atoms with E-state index in [0.717, 1.165) is 12.8 Å². The second-order valence-corrected chi connectivity index (χ2v) is 4.94. The molecule has 1 aromatic rings. The van der Waals surface area contributed by atoms with E-state index in [0.29, 0.717) is 23.5 Å². The largest absolute Gasteiger partial charge is 0.396 e. The number of imide groups is 1. The molecule has 1 aliphatic heterocycles. The van der Waals surface area contributed by atoms with Gasteiger partial charge in [0.05, 0.1) is 11.1 Å². The normalized spacial score (nSPS) is 20.2. The smallest absolute Gasteiger partial charge is 0.261 e. The van der Waals surface area contributed by atoms with E-state index in [4.69, 9.17) is 5.11 Å². The van der Waals surface area contributed by atoms with Crippen LogP contribution in [0.2, 0.25) is 0 Å². The lowest BCUT2D eigenvalue weighted by Crippen LogP contribution is -2.41. The number of carbonyl (C=O) groups is 2. The Morgan fingerprint density at radius 1 is 1.17 bits per heavy atom. The molecule has 3 rings (SSSR count). The fraction of sp³-hybridized carbons (Fsp3) is 0.429. The molecule has 2 amide bonds. The van der Waals surface area contributed by atoms with E-state index in [-0.39, 0.29) is 24.5 Å². The fourth-order valence-electron chi connectivity index (χ4n) is 2.70. The minimum atomic E-state index is -0.207. The van der Waals surface area contributed by atoms with Crippen LogP contribution in [0.25, 0.3) is 0 Å². The summed E-state index contributed by atoms with van der Waals surface area (Å²) in [7, 11) is 0. The zero-order valence-electron chi connectivity index (χ0n) is 10.0. The van der Waals surface area contributed by atoms with Crippen LogP contribution in [0.15, 0.2) is 24.3 Å². The maximum absolute atomic E-state index is 12.3. The van der Waals surface area contributed by atoms with Gasteiger partial charge in [0.25, 0.3) is 11.8 Å². The lowest BCUT2D eigenvalue weighted by Gasteiger charge is -2.25. The summed E-state index contributed by atoms with van der Waals surface area (Å²) in [6.45, 7) is 0.00850. The molecule has 1 heterocycles. The minimum Gasteiger partial charge on any atom is -0.396 e. The van der Waals surface area contributed by atoms with Crippen molar-refractivity contribution in [1.29, 1.82) is 0 Å². The summed E-state index contributed by atoms with van der Waals surface area (Å²) in [6, 6.07) is 6.79. The lowest BCUT2D eigenvalue weighted by atomic mass is 10.1. The van der Waals surface area contributed by atoms with Crippen LogP contribution in [0.4, 0.5) is 0 Å². The average Bonchev–Trinajstić information content (AvgIpc) is 3.18. The number of nitrogens with zero attached hydrogens (tertiary/aromatic N) is 1. The van der Waals surface area contributed by atoms with Gasteiger partial charge in [-0.25, -0.2) is 0 Å². The molecule has 2 aliphatic rings. The van der Waals surface area contributed by atoms with Gasteiger partial charge < -0.3 is 5.11 Å². The Morgan fingerprint density at radius 2 is 1.72 bits per heavy atom. The minimum absolute atomic E-state index is 0.00850. The van der Waals surface area contributed by atoms with Crippen molar-refractivity contribution in [3.8, 4) is 0 Å². The third kappa shape index (κ3) is 1.64. The number of fused-ring (bicyclic) bond motifs is 1. The summed E-state index contributed by atoms with van der Waals surface area (Å²) in [5.41, 5.74) is 0.983. The monoisotopic (exact) mass is 245 g/mol. The van der Waals surface area contributed by atoms with Crippen molar-refractivity contribution in [2.75, 3.05) is 6.61 Å². The molecule has 0 radical (unpaired) electrons. The van der Waals surface area contributed by atoms with Gasteiger partial charge in [-0.05, 0) is 37.3 Å². The highest BCUT2D eigenvalue weighted by Crippen LogP contribution is 2.39. The molecule has 1 fully saturated rings. The average molecular weight is 245 g/mol. The fourth-order valence-corrected chi connectivity index (χ4v) is 2.70. The third-order valence-electron chi connectivity index (χ3n) is 3.75. The summed E-state index contributed by atoms with van der Waals surface area (Å²) in [5, 5.41) is 9.11. The Bertz CT molecular complexity index is 473. The zero-order chi connectivity index (χ0) is 12.7. The van der Waals surface area contributed by atoms with E-state index in [1.165, 1.54) is 4.90 Å². The highest BCUT2D eigenvalue weighted by Gasteiger charge is 2.45. The van der Waals surface area contributed by atoms with E-state index in [2.05, 4.69) is 0 Å². The van der Waals surface area contributed by atoms with Crippen molar-refractivity contribution >= 4 is 11.8 Å². The molecule has 1 N–H and O–H groups in total. The van der Waals surface area contributed by atoms with E-state index in [9.17, 15) is 9.59 Å². The van der Waals surface area contributed by atoms with Gasteiger partial charge >= 0.3 is 0 Å². The van der Waals surface area contributed by atoms with Crippen LogP contribution in [-0.2, 0) is 0 Å². The van der Waals surface area contributed by atoms with Gasteiger partial charge in [-0.1, -0.05) is 12.1 Å². The van der Waals surface area contributed by atoms with Crippen LogP contribution in [-0.4, -0.2) is 34.5 Å². The molecule has 0 spiro atoms.